The van der Waals surface area contributed by atoms with E-state index in [1.807, 2.05) is 0 Å². The van der Waals surface area contributed by atoms with E-state index in [1.165, 1.54) is 0 Å². The van der Waals surface area contributed by atoms with Gasteiger partial charge < -0.3 is 15.4 Å². The zero-order valence-corrected chi connectivity index (χ0v) is 12.5. The maximum Gasteiger partial charge on any atom is 0.209 e. The molecule has 0 unspecified atom stereocenters. The van der Waals surface area contributed by atoms with E-state index in [9.17, 15) is 8.42 Å². The molecular formula is C10H24N4O3S. The molecule has 0 amide bonds. The van der Waals surface area contributed by atoms with Gasteiger partial charge in [0.1, 0.15) is 0 Å². The van der Waals surface area contributed by atoms with Crippen molar-refractivity contribution >= 4 is 16.0 Å². The lowest BCUT2D eigenvalue weighted by Crippen LogP contribution is -2.53. The Hall–Kier alpha value is -0.860. The zero-order chi connectivity index (χ0) is 14.2. The number of aliphatic imine (C=N–C) groups is 1. The van der Waals surface area contributed by atoms with Crippen LogP contribution in [0.1, 0.15) is 13.8 Å². The molecule has 0 saturated carbocycles. The van der Waals surface area contributed by atoms with Gasteiger partial charge in [-0.3, -0.25) is 4.99 Å². The molecule has 3 N–H and O–H groups in total. The van der Waals surface area contributed by atoms with Gasteiger partial charge in [0.25, 0.3) is 0 Å². The number of hydrogen-bond donors (Lipinski definition) is 3. The van der Waals surface area contributed by atoms with Crippen molar-refractivity contribution in [3.8, 4) is 0 Å². The molecule has 0 aromatic rings. The molecule has 0 saturated heterocycles. The van der Waals surface area contributed by atoms with Crippen molar-refractivity contribution in [2.45, 2.75) is 19.4 Å². The quantitative estimate of drug-likeness (QED) is 0.320. The molecule has 0 aliphatic heterocycles. The van der Waals surface area contributed by atoms with Crippen molar-refractivity contribution < 1.29 is 13.2 Å². The monoisotopic (exact) mass is 280 g/mol. The lowest BCUT2D eigenvalue weighted by Gasteiger charge is -2.26. The first kappa shape index (κ1) is 17.1. The van der Waals surface area contributed by atoms with Gasteiger partial charge in [-0.15, -0.1) is 0 Å². The van der Waals surface area contributed by atoms with Crippen LogP contribution in [0.25, 0.3) is 0 Å². The van der Waals surface area contributed by atoms with Gasteiger partial charge in [-0.2, -0.15) is 0 Å². The van der Waals surface area contributed by atoms with Crippen molar-refractivity contribution in [3.05, 3.63) is 0 Å². The minimum atomic E-state index is -3.23. The molecule has 0 radical (unpaired) electrons. The van der Waals surface area contributed by atoms with Gasteiger partial charge >= 0.3 is 0 Å². The number of hydrogen-bond acceptors (Lipinski definition) is 4. The molecule has 0 bridgehead atoms. The van der Waals surface area contributed by atoms with Gasteiger partial charge in [-0.25, -0.2) is 13.1 Å². The third-order valence-corrected chi connectivity index (χ3v) is 2.91. The first-order valence-electron chi connectivity index (χ1n) is 5.62. The molecule has 0 heterocycles. The van der Waals surface area contributed by atoms with E-state index in [4.69, 9.17) is 4.74 Å². The van der Waals surface area contributed by atoms with Crippen molar-refractivity contribution in [1.29, 1.82) is 0 Å². The Morgan fingerprint density at radius 3 is 2.39 bits per heavy atom. The summed E-state index contributed by atoms with van der Waals surface area (Å²) in [6.07, 6.45) is 1.14. The van der Waals surface area contributed by atoms with E-state index >= 15 is 0 Å². The van der Waals surface area contributed by atoms with Crippen LogP contribution in [0.4, 0.5) is 0 Å². The molecule has 7 nitrogen and oxygen atoms in total. The summed E-state index contributed by atoms with van der Waals surface area (Å²) in [5, 5.41) is 6.09. The Balaban J connectivity index is 4.19. The van der Waals surface area contributed by atoms with Gasteiger partial charge in [-0.05, 0) is 13.8 Å². The van der Waals surface area contributed by atoms with E-state index in [1.54, 1.807) is 28.0 Å². The molecule has 0 fully saturated rings. The number of ether oxygens (including phenoxy) is 1. The predicted octanol–water partition coefficient (Wildman–Crippen LogP) is -0.874. The van der Waals surface area contributed by atoms with Crippen LogP contribution in [0.5, 0.6) is 0 Å². The van der Waals surface area contributed by atoms with Crippen LogP contribution in [-0.4, -0.2) is 60.0 Å². The van der Waals surface area contributed by atoms with Crippen LogP contribution >= 0.6 is 0 Å². The largest absolute Gasteiger partial charge is 0.383 e. The van der Waals surface area contributed by atoms with Crippen LogP contribution in [0, 0.1) is 0 Å². The molecule has 0 aliphatic carbocycles. The minimum Gasteiger partial charge on any atom is -0.383 e. The molecule has 108 valence electrons. The maximum atomic E-state index is 11.2. The first-order valence-corrected chi connectivity index (χ1v) is 7.52. The molecule has 0 aromatic heterocycles. The third kappa shape index (κ3) is 9.20. The lowest BCUT2D eigenvalue weighted by atomic mass is 10.1. The molecule has 0 rings (SSSR count). The van der Waals surface area contributed by atoms with E-state index < -0.39 is 15.6 Å². The second-order valence-electron chi connectivity index (χ2n) is 4.60. The highest BCUT2D eigenvalue weighted by molar-refractivity contribution is 7.88. The number of rotatable bonds is 7. The summed E-state index contributed by atoms with van der Waals surface area (Å²) in [5.41, 5.74) is -0.591. The predicted molar refractivity (Wildman–Crippen MR) is 73.3 cm³/mol. The van der Waals surface area contributed by atoms with Crippen LogP contribution in [-0.2, 0) is 14.8 Å². The summed E-state index contributed by atoms with van der Waals surface area (Å²) in [7, 11) is 0.0463. The zero-order valence-electron chi connectivity index (χ0n) is 11.7. The Bertz CT molecular complexity index is 365. The van der Waals surface area contributed by atoms with E-state index in [0.29, 0.717) is 25.7 Å². The summed E-state index contributed by atoms with van der Waals surface area (Å²) in [6, 6.07) is 0. The van der Waals surface area contributed by atoms with Gasteiger partial charge in [-0.1, -0.05) is 0 Å². The SMILES string of the molecule is CN=C(NCCOC)NCC(C)(C)NS(C)(=O)=O. The van der Waals surface area contributed by atoms with Crippen LogP contribution in [0.3, 0.4) is 0 Å². The van der Waals surface area contributed by atoms with E-state index in [0.717, 1.165) is 6.26 Å². The molecule has 0 atom stereocenters. The van der Waals surface area contributed by atoms with Crippen molar-refractivity contribution in [2.75, 3.05) is 40.1 Å². The highest BCUT2D eigenvalue weighted by atomic mass is 32.2. The van der Waals surface area contributed by atoms with Gasteiger partial charge in [0, 0.05) is 32.8 Å². The summed E-state index contributed by atoms with van der Waals surface area (Å²) in [4.78, 5) is 4.02. The highest BCUT2D eigenvalue weighted by Crippen LogP contribution is 2.01. The van der Waals surface area contributed by atoms with Crippen LogP contribution in [0.2, 0.25) is 0 Å². The normalized spacial score (nSPS) is 13.5. The topological polar surface area (TPSA) is 91.8 Å². The minimum absolute atomic E-state index is 0.423. The second kappa shape index (κ2) is 7.55. The van der Waals surface area contributed by atoms with Gasteiger partial charge in [0.2, 0.25) is 10.0 Å². The Morgan fingerprint density at radius 2 is 1.94 bits per heavy atom. The van der Waals surface area contributed by atoms with Gasteiger partial charge in [0.15, 0.2) is 5.96 Å². The summed E-state index contributed by atoms with van der Waals surface area (Å²) >= 11 is 0. The summed E-state index contributed by atoms with van der Waals surface area (Å²) in [5.74, 6) is 0.607. The Morgan fingerprint density at radius 1 is 1.33 bits per heavy atom. The lowest BCUT2D eigenvalue weighted by molar-refractivity contribution is 0.203. The van der Waals surface area contributed by atoms with Crippen LogP contribution in [0.15, 0.2) is 4.99 Å². The number of sulfonamides is 1. The summed E-state index contributed by atoms with van der Waals surface area (Å²) < 4.78 is 29.8. The number of nitrogens with zero attached hydrogens (tertiary/aromatic N) is 1. The molecule has 0 aromatic carbocycles. The highest BCUT2D eigenvalue weighted by Gasteiger charge is 2.22. The van der Waals surface area contributed by atoms with E-state index in [2.05, 4.69) is 20.3 Å². The molecular weight excluding hydrogens is 256 g/mol. The van der Waals surface area contributed by atoms with Crippen molar-refractivity contribution in [3.63, 3.8) is 0 Å². The standard InChI is InChI=1S/C10H24N4O3S/c1-10(2,14-18(5,15)16)8-13-9(11-3)12-6-7-17-4/h14H,6-8H2,1-5H3,(H2,11,12,13). The van der Waals surface area contributed by atoms with Crippen LogP contribution < -0.4 is 15.4 Å². The average molecular weight is 280 g/mol. The molecule has 0 spiro atoms. The fraction of sp³-hybridized carbons (Fsp3) is 0.900. The van der Waals surface area contributed by atoms with E-state index in [-0.39, 0.29) is 0 Å². The maximum absolute atomic E-state index is 11.2. The Kier molecular flexibility index (Phi) is 7.19. The average Bonchev–Trinajstić information content (AvgIpc) is 2.19. The molecule has 8 heteroatoms. The van der Waals surface area contributed by atoms with Crippen molar-refractivity contribution in [1.82, 2.24) is 15.4 Å². The fourth-order valence-electron chi connectivity index (χ4n) is 1.33. The number of nitrogens with one attached hydrogen (secondary N) is 3. The number of guanidine groups is 1. The molecule has 0 aliphatic rings. The Labute approximate surface area is 109 Å². The van der Waals surface area contributed by atoms with Crippen molar-refractivity contribution in [2.24, 2.45) is 4.99 Å². The smallest absolute Gasteiger partial charge is 0.209 e. The first-order chi connectivity index (χ1) is 8.20. The molecule has 18 heavy (non-hydrogen) atoms. The second-order valence-corrected chi connectivity index (χ2v) is 6.35. The van der Waals surface area contributed by atoms with Gasteiger partial charge in [0.05, 0.1) is 12.9 Å². The summed E-state index contributed by atoms with van der Waals surface area (Å²) in [6.45, 7) is 5.22. The number of methoxy groups -OCH3 is 1. The fourth-order valence-corrected chi connectivity index (χ4v) is 2.41. The third-order valence-electron chi connectivity index (χ3n) is 1.98.